The van der Waals surface area contributed by atoms with Gasteiger partial charge in [0.1, 0.15) is 17.6 Å². The molecule has 146 valence electrons. The summed E-state index contributed by atoms with van der Waals surface area (Å²) in [6.07, 6.45) is 1.19. The van der Waals surface area contributed by atoms with E-state index in [1.807, 2.05) is 0 Å². The third kappa shape index (κ3) is 4.45. The molecule has 0 saturated carbocycles. The fourth-order valence-electron chi connectivity index (χ4n) is 2.60. The van der Waals surface area contributed by atoms with Gasteiger partial charge >= 0.3 is 5.97 Å². The lowest BCUT2D eigenvalue weighted by Gasteiger charge is -2.03. The summed E-state index contributed by atoms with van der Waals surface area (Å²) in [5.41, 5.74) is 1.12. The molecule has 0 aliphatic carbocycles. The Hall–Kier alpha value is -3.63. The number of furan rings is 1. The van der Waals surface area contributed by atoms with Gasteiger partial charge in [-0.3, -0.25) is 0 Å². The molecular formula is C22H17NO5S. The number of rotatable bonds is 6. The number of hydrogen-bond donors (Lipinski definition) is 0. The molecule has 2 aromatic carbocycles. The van der Waals surface area contributed by atoms with Gasteiger partial charge in [0, 0.05) is 11.6 Å². The van der Waals surface area contributed by atoms with E-state index in [4.69, 9.17) is 9.15 Å². The number of allylic oxidation sites excluding steroid dienone is 1. The molecule has 0 aliphatic heterocycles. The fraction of sp³-hybridized carbons (Fsp3) is 0.0909. The normalized spacial score (nSPS) is 11.7. The first-order chi connectivity index (χ1) is 14.0. The molecule has 0 saturated heterocycles. The highest BCUT2D eigenvalue weighted by molar-refractivity contribution is 7.95. The van der Waals surface area contributed by atoms with Crippen molar-refractivity contribution in [1.82, 2.24) is 0 Å². The monoisotopic (exact) mass is 407 g/mol. The largest absolute Gasteiger partial charge is 0.462 e. The Kier molecular flexibility index (Phi) is 5.96. The molecule has 0 fully saturated rings. The Morgan fingerprint density at radius 3 is 2.38 bits per heavy atom. The summed E-state index contributed by atoms with van der Waals surface area (Å²) in [5, 5.41) is 9.35. The summed E-state index contributed by atoms with van der Waals surface area (Å²) in [4.78, 5) is 11.3. The first kappa shape index (κ1) is 20.1. The molecule has 3 aromatic rings. The minimum absolute atomic E-state index is 0.0362. The van der Waals surface area contributed by atoms with Crippen LogP contribution in [0.15, 0.2) is 80.9 Å². The number of carbonyl (C=O) groups excluding carboxylic acids is 1. The molecule has 0 atom stereocenters. The Labute approximate surface area is 168 Å². The maximum Gasteiger partial charge on any atom is 0.338 e. The molecule has 0 spiro atoms. The molecule has 0 unspecified atom stereocenters. The zero-order valence-electron chi connectivity index (χ0n) is 15.5. The maximum atomic E-state index is 12.6. The number of esters is 1. The lowest BCUT2D eigenvalue weighted by atomic mass is 10.1. The van der Waals surface area contributed by atoms with Crippen molar-refractivity contribution in [3.05, 3.63) is 83.0 Å². The number of nitrogens with zero attached hydrogens (tertiary/aromatic N) is 1. The van der Waals surface area contributed by atoms with Crippen molar-refractivity contribution >= 4 is 21.9 Å². The fourth-order valence-corrected chi connectivity index (χ4v) is 3.76. The Morgan fingerprint density at radius 1 is 1.07 bits per heavy atom. The van der Waals surface area contributed by atoms with Crippen LogP contribution < -0.4 is 0 Å². The first-order valence-corrected chi connectivity index (χ1v) is 10.2. The van der Waals surface area contributed by atoms with E-state index in [0.29, 0.717) is 23.5 Å². The minimum Gasteiger partial charge on any atom is -0.462 e. The van der Waals surface area contributed by atoms with Crippen LogP contribution in [0.3, 0.4) is 0 Å². The summed E-state index contributed by atoms with van der Waals surface area (Å²) in [7, 11) is -3.94. The average Bonchev–Trinajstić information content (AvgIpc) is 3.21. The second-order valence-electron chi connectivity index (χ2n) is 5.94. The average molecular weight is 407 g/mol. The second kappa shape index (κ2) is 8.59. The molecule has 0 radical (unpaired) electrons. The van der Waals surface area contributed by atoms with Gasteiger partial charge in [-0.1, -0.05) is 30.3 Å². The molecule has 29 heavy (non-hydrogen) atoms. The zero-order chi connectivity index (χ0) is 20.9. The smallest absolute Gasteiger partial charge is 0.338 e. The van der Waals surface area contributed by atoms with Crippen LogP contribution in [0.1, 0.15) is 23.0 Å². The molecule has 3 rings (SSSR count). The zero-order valence-corrected chi connectivity index (χ0v) is 16.3. The van der Waals surface area contributed by atoms with Crippen molar-refractivity contribution in [2.45, 2.75) is 11.8 Å². The Morgan fingerprint density at radius 2 is 1.76 bits per heavy atom. The molecule has 0 amide bonds. The highest BCUT2D eigenvalue weighted by Gasteiger charge is 2.21. The second-order valence-corrected chi connectivity index (χ2v) is 7.85. The van der Waals surface area contributed by atoms with Gasteiger partial charge in [0.15, 0.2) is 4.91 Å². The molecule has 0 aliphatic rings. The summed E-state index contributed by atoms with van der Waals surface area (Å²) >= 11 is 0. The van der Waals surface area contributed by atoms with Crippen molar-refractivity contribution in [2.75, 3.05) is 6.61 Å². The van der Waals surface area contributed by atoms with Gasteiger partial charge in [0.2, 0.25) is 9.84 Å². The van der Waals surface area contributed by atoms with Crippen molar-refractivity contribution in [3.63, 3.8) is 0 Å². The van der Waals surface area contributed by atoms with Crippen LogP contribution in [-0.2, 0) is 14.6 Å². The highest BCUT2D eigenvalue weighted by Crippen LogP contribution is 2.26. The van der Waals surface area contributed by atoms with Crippen molar-refractivity contribution in [1.29, 1.82) is 5.26 Å². The van der Waals surface area contributed by atoms with Crippen molar-refractivity contribution in [2.24, 2.45) is 0 Å². The quantitative estimate of drug-likeness (QED) is 0.442. The van der Waals surface area contributed by atoms with E-state index < -0.39 is 20.7 Å². The van der Waals surface area contributed by atoms with Crippen LogP contribution in [0, 0.1) is 11.3 Å². The summed E-state index contributed by atoms with van der Waals surface area (Å²) < 4.78 is 35.9. The SMILES string of the molecule is CCOC(=O)c1ccc(-c2ccc(/C=C(/C#N)S(=O)(=O)c3ccccc3)o2)cc1. The third-order valence-corrected chi connectivity index (χ3v) is 5.71. The number of carbonyl (C=O) groups is 1. The van der Waals surface area contributed by atoms with Crippen LogP contribution in [0.5, 0.6) is 0 Å². The lowest BCUT2D eigenvalue weighted by molar-refractivity contribution is 0.0526. The van der Waals surface area contributed by atoms with E-state index >= 15 is 0 Å². The maximum absolute atomic E-state index is 12.6. The molecule has 1 heterocycles. The molecule has 0 bridgehead atoms. The van der Waals surface area contributed by atoms with Gasteiger partial charge in [-0.2, -0.15) is 5.26 Å². The van der Waals surface area contributed by atoms with Crippen molar-refractivity contribution < 1.29 is 22.4 Å². The van der Waals surface area contributed by atoms with Gasteiger partial charge in [-0.05, 0) is 43.3 Å². The van der Waals surface area contributed by atoms with Gasteiger partial charge in [-0.25, -0.2) is 13.2 Å². The molecule has 0 N–H and O–H groups in total. The number of hydrogen-bond acceptors (Lipinski definition) is 6. The van der Waals surface area contributed by atoms with E-state index in [1.165, 1.54) is 18.2 Å². The van der Waals surface area contributed by atoms with Crippen LogP contribution in [0.4, 0.5) is 0 Å². The van der Waals surface area contributed by atoms with Crippen molar-refractivity contribution in [3.8, 4) is 17.4 Å². The first-order valence-electron chi connectivity index (χ1n) is 8.75. The summed E-state index contributed by atoms with van der Waals surface area (Å²) in [5.74, 6) is 0.290. The van der Waals surface area contributed by atoms with Gasteiger partial charge in [-0.15, -0.1) is 0 Å². The van der Waals surface area contributed by atoms with Gasteiger partial charge in [0.05, 0.1) is 17.1 Å². The van der Waals surface area contributed by atoms with Crippen LogP contribution in [0.2, 0.25) is 0 Å². The minimum atomic E-state index is -3.94. The Balaban J connectivity index is 1.87. The number of ether oxygens (including phenoxy) is 1. The van der Waals surface area contributed by atoms with Crippen LogP contribution in [0.25, 0.3) is 17.4 Å². The summed E-state index contributed by atoms with van der Waals surface area (Å²) in [6, 6.07) is 19.3. The van der Waals surface area contributed by atoms with E-state index in [2.05, 4.69) is 0 Å². The molecule has 1 aromatic heterocycles. The molecular weight excluding hydrogens is 390 g/mol. The highest BCUT2D eigenvalue weighted by atomic mass is 32.2. The Bertz CT molecular complexity index is 1180. The lowest BCUT2D eigenvalue weighted by Crippen LogP contribution is -2.03. The topological polar surface area (TPSA) is 97.4 Å². The predicted molar refractivity (Wildman–Crippen MR) is 107 cm³/mol. The molecule has 6 nitrogen and oxygen atoms in total. The summed E-state index contributed by atoms with van der Waals surface area (Å²) in [6.45, 7) is 2.03. The number of benzene rings is 2. The van der Waals surface area contributed by atoms with E-state index in [1.54, 1.807) is 67.6 Å². The van der Waals surface area contributed by atoms with Crippen LogP contribution in [-0.4, -0.2) is 21.0 Å². The van der Waals surface area contributed by atoms with E-state index in [-0.39, 0.29) is 10.7 Å². The molecule has 7 heteroatoms. The van der Waals surface area contributed by atoms with Crippen LogP contribution >= 0.6 is 0 Å². The van der Waals surface area contributed by atoms with E-state index in [0.717, 1.165) is 0 Å². The standard InChI is InChI=1S/C22H17NO5S/c1-2-27-22(24)17-10-8-16(9-11-17)21-13-12-18(28-21)14-20(15-23)29(25,26)19-6-4-3-5-7-19/h3-14H,2H2,1H3/b20-14-. The number of sulfone groups is 1. The van der Waals surface area contributed by atoms with Gasteiger partial charge in [0.25, 0.3) is 0 Å². The predicted octanol–water partition coefficient (Wildman–Crippen LogP) is 4.46. The van der Waals surface area contributed by atoms with E-state index in [9.17, 15) is 18.5 Å². The van der Waals surface area contributed by atoms with Gasteiger partial charge < -0.3 is 9.15 Å². The third-order valence-electron chi connectivity index (χ3n) is 4.03. The number of nitriles is 1.